The van der Waals surface area contributed by atoms with Gasteiger partial charge in [-0.3, -0.25) is 0 Å². The topological polar surface area (TPSA) is 55.6 Å². The van der Waals surface area contributed by atoms with Crippen molar-refractivity contribution in [1.82, 2.24) is 9.99 Å². The molecule has 0 unspecified atom stereocenters. The fourth-order valence-corrected chi connectivity index (χ4v) is 5.43. The van der Waals surface area contributed by atoms with Crippen LogP contribution in [-0.4, -0.2) is 49.3 Å². The first-order chi connectivity index (χ1) is 15.9. The van der Waals surface area contributed by atoms with E-state index in [-0.39, 0.29) is 0 Å². The van der Waals surface area contributed by atoms with Crippen LogP contribution in [0.4, 0.5) is 10.8 Å². The lowest BCUT2D eigenvalue weighted by molar-refractivity contribution is 0.192. The molecule has 2 aromatic carbocycles. The lowest BCUT2D eigenvalue weighted by Crippen LogP contribution is -2.61. The lowest BCUT2D eigenvalue weighted by atomic mass is 9.98. The molecule has 4 rings (SSSR count). The van der Waals surface area contributed by atoms with E-state index in [4.69, 9.17) is 4.74 Å². The predicted molar refractivity (Wildman–Crippen MR) is 136 cm³/mol. The molecule has 0 radical (unpaired) electrons. The highest BCUT2D eigenvalue weighted by Crippen LogP contribution is 2.38. The van der Waals surface area contributed by atoms with Crippen LogP contribution in [0.5, 0.6) is 0 Å². The lowest BCUT2D eigenvalue weighted by Gasteiger charge is -2.48. The molecule has 6 nitrogen and oxygen atoms in total. The Kier molecular flexibility index (Phi) is 6.68. The van der Waals surface area contributed by atoms with Crippen LogP contribution >= 0.6 is 11.3 Å². The summed E-state index contributed by atoms with van der Waals surface area (Å²) in [4.78, 5) is 6.96. The predicted octanol–water partition coefficient (Wildman–Crippen LogP) is 5.25. The van der Waals surface area contributed by atoms with Crippen molar-refractivity contribution in [3.8, 4) is 17.2 Å². The van der Waals surface area contributed by atoms with Crippen molar-refractivity contribution in [3.63, 3.8) is 0 Å². The first kappa shape index (κ1) is 22.8. The number of methoxy groups -OCH3 is 1. The number of benzene rings is 2. The second kappa shape index (κ2) is 9.65. The number of aromatic nitrogens is 1. The Morgan fingerprint density at radius 2 is 1.88 bits per heavy atom. The molecule has 7 heteroatoms. The van der Waals surface area contributed by atoms with Crippen LogP contribution in [0.25, 0.3) is 16.9 Å². The van der Waals surface area contributed by atoms with E-state index in [9.17, 15) is 5.26 Å². The number of hydrogen-bond donors (Lipinski definition) is 0. The number of thiazole rings is 1. The zero-order valence-corrected chi connectivity index (χ0v) is 20.3. The van der Waals surface area contributed by atoms with Crippen LogP contribution in [0.3, 0.4) is 0 Å². The number of nitrogens with zero attached hydrogens (tertiary/aromatic N) is 5. The molecule has 0 aliphatic carbocycles. The minimum atomic E-state index is 0.304. The Bertz CT molecular complexity index is 1140. The molecule has 33 heavy (non-hydrogen) atoms. The molecule has 1 saturated heterocycles. The second-order valence-electron chi connectivity index (χ2n) is 8.33. The third-order valence-electron chi connectivity index (χ3n) is 6.20. The summed E-state index contributed by atoms with van der Waals surface area (Å²) in [5.41, 5.74) is 4.75. The van der Waals surface area contributed by atoms with E-state index >= 15 is 0 Å². The summed E-state index contributed by atoms with van der Waals surface area (Å²) < 4.78 is 5.55. The van der Waals surface area contributed by atoms with Gasteiger partial charge in [0.05, 0.1) is 24.4 Å². The number of rotatable bonds is 6. The number of piperazine rings is 1. The Balaban J connectivity index is 1.72. The van der Waals surface area contributed by atoms with Gasteiger partial charge in [0.1, 0.15) is 5.76 Å². The Morgan fingerprint density at radius 3 is 2.45 bits per heavy atom. The van der Waals surface area contributed by atoms with Crippen molar-refractivity contribution in [2.75, 3.05) is 37.2 Å². The highest BCUT2D eigenvalue weighted by Gasteiger charge is 2.34. The Hall–Kier alpha value is -3.34. The average molecular weight is 460 g/mol. The molecule has 1 aliphatic heterocycles. The van der Waals surface area contributed by atoms with Gasteiger partial charge < -0.3 is 14.6 Å². The van der Waals surface area contributed by atoms with Gasteiger partial charge in [-0.1, -0.05) is 30.8 Å². The highest BCUT2D eigenvalue weighted by molar-refractivity contribution is 7.13. The van der Waals surface area contributed by atoms with E-state index in [0.717, 1.165) is 40.6 Å². The third-order valence-corrected chi connectivity index (χ3v) is 6.98. The van der Waals surface area contributed by atoms with Gasteiger partial charge in [-0.15, -0.1) is 11.3 Å². The number of hydrazine groups is 1. The maximum atomic E-state index is 9.20. The van der Waals surface area contributed by atoms with Crippen molar-refractivity contribution < 1.29 is 4.74 Å². The maximum absolute atomic E-state index is 9.20. The van der Waals surface area contributed by atoms with E-state index < -0.39 is 0 Å². The first-order valence-corrected chi connectivity index (χ1v) is 11.9. The van der Waals surface area contributed by atoms with Gasteiger partial charge >= 0.3 is 0 Å². The number of ether oxygens (including phenoxy) is 1. The number of para-hydroxylation sites is 1. The molecule has 0 bridgehead atoms. The fraction of sp³-hybridized carbons (Fsp3) is 0.308. The van der Waals surface area contributed by atoms with Gasteiger partial charge in [0.2, 0.25) is 0 Å². The molecule has 3 aromatic rings. The smallest absolute Gasteiger partial charge is 0.185 e. The van der Waals surface area contributed by atoms with Crippen LogP contribution in [0.1, 0.15) is 25.0 Å². The molecular weight excluding hydrogens is 430 g/mol. The standard InChI is InChI=1S/C26H29N5OS/c1-18-16-30(17-19(2)31(18)26-28-13-14-33-26)29(4)25-23(20(3)32-5)7-6-8-24(25)22-11-9-21(15-27)10-12-22/h6-14,18-19H,3,16-17H2,1-2,4-5H3/t18-,19+. The molecule has 2 atom stereocenters. The second-order valence-corrected chi connectivity index (χ2v) is 9.21. The molecule has 0 saturated carbocycles. The van der Waals surface area contributed by atoms with E-state index in [1.807, 2.05) is 48.0 Å². The summed E-state index contributed by atoms with van der Waals surface area (Å²) in [6, 6.07) is 16.7. The van der Waals surface area contributed by atoms with Gasteiger partial charge in [-0.05, 0) is 37.6 Å². The SMILES string of the molecule is C=C(OC)c1cccc(-c2ccc(C#N)cc2)c1N(C)N1C[C@@H](C)N(c2nccs2)[C@@H](C)C1. The van der Waals surface area contributed by atoms with Crippen molar-refractivity contribution in [3.05, 3.63) is 71.7 Å². The zero-order chi connectivity index (χ0) is 23.5. The molecule has 1 aromatic heterocycles. The summed E-state index contributed by atoms with van der Waals surface area (Å²) in [6.45, 7) is 10.4. The van der Waals surface area contributed by atoms with Crippen molar-refractivity contribution in [2.24, 2.45) is 0 Å². The molecule has 2 heterocycles. The van der Waals surface area contributed by atoms with Gasteiger partial charge in [0.25, 0.3) is 0 Å². The fourth-order valence-electron chi connectivity index (χ4n) is 4.59. The monoisotopic (exact) mass is 459 g/mol. The summed E-state index contributed by atoms with van der Waals surface area (Å²) >= 11 is 1.69. The molecule has 0 spiro atoms. The highest BCUT2D eigenvalue weighted by atomic mass is 32.1. The van der Waals surface area contributed by atoms with Crippen LogP contribution in [0.2, 0.25) is 0 Å². The van der Waals surface area contributed by atoms with Crippen molar-refractivity contribution >= 4 is 27.9 Å². The molecule has 0 N–H and O–H groups in total. The minimum absolute atomic E-state index is 0.304. The molecule has 1 fully saturated rings. The van der Waals surface area contributed by atoms with Crippen LogP contribution in [-0.2, 0) is 4.74 Å². The summed E-state index contributed by atoms with van der Waals surface area (Å²) in [6.07, 6.45) is 1.87. The van der Waals surface area contributed by atoms with Crippen LogP contribution < -0.4 is 9.91 Å². The molecule has 170 valence electrons. The van der Waals surface area contributed by atoms with Gasteiger partial charge in [-0.2, -0.15) is 5.26 Å². The van der Waals surface area contributed by atoms with E-state index in [0.29, 0.717) is 23.4 Å². The van der Waals surface area contributed by atoms with Crippen LogP contribution in [0.15, 0.2) is 60.6 Å². The summed E-state index contributed by atoms with van der Waals surface area (Å²) in [7, 11) is 3.75. The van der Waals surface area contributed by atoms with Crippen LogP contribution in [0, 0.1) is 11.3 Å². The van der Waals surface area contributed by atoms with Crippen molar-refractivity contribution in [2.45, 2.75) is 25.9 Å². The minimum Gasteiger partial charge on any atom is -0.497 e. The summed E-state index contributed by atoms with van der Waals surface area (Å²) in [5, 5.41) is 16.9. The number of hydrogen-bond acceptors (Lipinski definition) is 7. The van der Waals surface area contributed by atoms with E-state index in [1.54, 1.807) is 18.4 Å². The van der Waals surface area contributed by atoms with Crippen molar-refractivity contribution in [1.29, 1.82) is 5.26 Å². The van der Waals surface area contributed by atoms with Gasteiger partial charge in [0, 0.05) is 54.9 Å². The molecule has 0 amide bonds. The Labute approximate surface area is 199 Å². The molecular formula is C26H29N5OS. The van der Waals surface area contributed by atoms with Gasteiger partial charge in [-0.25, -0.2) is 9.99 Å². The number of nitriles is 1. The summed E-state index contributed by atoms with van der Waals surface area (Å²) in [5.74, 6) is 0.620. The Morgan fingerprint density at radius 1 is 1.18 bits per heavy atom. The maximum Gasteiger partial charge on any atom is 0.185 e. The number of anilines is 2. The first-order valence-electron chi connectivity index (χ1n) is 11.0. The average Bonchev–Trinajstić information content (AvgIpc) is 3.36. The quantitative estimate of drug-likeness (QED) is 0.469. The van der Waals surface area contributed by atoms with Gasteiger partial charge in [0.15, 0.2) is 5.13 Å². The molecule has 1 aliphatic rings. The normalized spacial score (nSPS) is 18.6. The van der Waals surface area contributed by atoms with E-state index in [1.165, 1.54) is 0 Å². The van der Waals surface area contributed by atoms with E-state index in [2.05, 4.69) is 59.5 Å². The largest absolute Gasteiger partial charge is 0.497 e. The zero-order valence-electron chi connectivity index (χ0n) is 19.5. The third kappa shape index (κ3) is 4.45.